The van der Waals surface area contributed by atoms with Crippen LogP contribution in [0.2, 0.25) is 5.02 Å². The predicted octanol–water partition coefficient (Wildman–Crippen LogP) is 6.30. The van der Waals surface area contributed by atoms with E-state index in [-0.39, 0.29) is 24.8 Å². The third-order valence-corrected chi connectivity index (χ3v) is 5.18. The van der Waals surface area contributed by atoms with Gasteiger partial charge in [-0.25, -0.2) is 4.39 Å². The van der Waals surface area contributed by atoms with Crippen LogP contribution in [0.1, 0.15) is 50.2 Å². The number of benzene rings is 2. The SMILES string of the molecule is CCOc1cc(CNC2CCCCC2)cc(Cl)c1OCc1ccccc1F.Cl. The maximum absolute atomic E-state index is 13.8. The van der Waals surface area contributed by atoms with Gasteiger partial charge in [0.15, 0.2) is 11.5 Å². The Morgan fingerprint density at radius 1 is 1.11 bits per heavy atom. The molecule has 0 amide bonds. The van der Waals surface area contributed by atoms with E-state index in [0.29, 0.717) is 34.7 Å². The maximum Gasteiger partial charge on any atom is 0.180 e. The summed E-state index contributed by atoms with van der Waals surface area (Å²) in [6, 6.07) is 11.0. The molecule has 0 heterocycles. The molecule has 1 aliphatic rings. The fraction of sp³-hybridized carbons (Fsp3) is 0.455. The van der Waals surface area contributed by atoms with Crippen LogP contribution < -0.4 is 14.8 Å². The molecule has 0 spiro atoms. The minimum absolute atomic E-state index is 0. The molecule has 0 bridgehead atoms. The second kappa shape index (κ2) is 11.5. The normalized spacial score (nSPS) is 14.4. The van der Waals surface area contributed by atoms with Gasteiger partial charge < -0.3 is 14.8 Å². The van der Waals surface area contributed by atoms with Crippen molar-refractivity contribution in [2.45, 2.75) is 58.2 Å². The Hall–Kier alpha value is -1.49. The third-order valence-electron chi connectivity index (χ3n) is 4.90. The van der Waals surface area contributed by atoms with Gasteiger partial charge in [0.2, 0.25) is 0 Å². The van der Waals surface area contributed by atoms with Crippen molar-refractivity contribution in [3.05, 3.63) is 58.4 Å². The molecule has 154 valence electrons. The Bertz CT molecular complexity index is 751. The van der Waals surface area contributed by atoms with Gasteiger partial charge in [-0.15, -0.1) is 12.4 Å². The van der Waals surface area contributed by atoms with Crippen molar-refractivity contribution >= 4 is 24.0 Å². The monoisotopic (exact) mass is 427 g/mol. The molecule has 1 aliphatic carbocycles. The van der Waals surface area contributed by atoms with E-state index >= 15 is 0 Å². The summed E-state index contributed by atoms with van der Waals surface area (Å²) in [7, 11) is 0. The molecule has 3 nitrogen and oxygen atoms in total. The highest BCUT2D eigenvalue weighted by Gasteiger charge is 2.16. The number of hydrogen-bond acceptors (Lipinski definition) is 3. The van der Waals surface area contributed by atoms with Crippen molar-refractivity contribution in [3.8, 4) is 11.5 Å². The third kappa shape index (κ3) is 6.26. The molecule has 2 aromatic carbocycles. The van der Waals surface area contributed by atoms with Crippen LogP contribution in [0.25, 0.3) is 0 Å². The van der Waals surface area contributed by atoms with Gasteiger partial charge in [0.1, 0.15) is 12.4 Å². The van der Waals surface area contributed by atoms with Gasteiger partial charge >= 0.3 is 0 Å². The van der Waals surface area contributed by atoms with Crippen LogP contribution >= 0.6 is 24.0 Å². The Labute approximate surface area is 178 Å². The first kappa shape index (κ1) is 22.8. The van der Waals surface area contributed by atoms with E-state index < -0.39 is 0 Å². The number of halogens is 3. The van der Waals surface area contributed by atoms with Crippen molar-refractivity contribution in [2.75, 3.05) is 6.61 Å². The lowest BCUT2D eigenvalue weighted by molar-refractivity contribution is 0.265. The van der Waals surface area contributed by atoms with Gasteiger partial charge in [0, 0.05) is 18.2 Å². The molecule has 0 aromatic heterocycles. The van der Waals surface area contributed by atoms with Gasteiger partial charge in [0.25, 0.3) is 0 Å². The average Bonchev–Trinajstić information content (AvgIpc) is 2.68. The lowest BCUT2D eigenvalue weighted by atomic mass is 9.95. The zero-order chi connectivity index (χ0) is 19.1. The van der Waals surface area contributed by atoms with Crippen LogP contribution in [0.15, 0.2) is 36.4 Å². The fourth-order valence-corrected chi connectivity index (χ4v) is 3.75. The first-order valence-corrected chi connectivity index (χ1v) is 10.1. The molecule has 0 atom stereocenters. The summed E-state index contributed by atoms with van der Waals surface area (Å²) < 4.78 is 25.4. The van der Waals surface area contributed by atoms with Crippen molar-refractivity contribution < 1.29 is 13.9 Å². The molecule has 3 rings (SSSR count). The van der Waals surface area contributed by atoms with Crippen molar-refractivity contribution in [3.63, 3.8) is 0 Å². The molecular weight excluding hydrogens is 400 g/mol. The topological polar surface area (TPSA) is 30.5 Å². The second-order valence-corrected chi connectivity index (χ2v) is 7.34. The van der Waals surface area contributed by atoms with Crippen LogP contribution in [-0.4, -0.2) is 12.6 Å². The molecule has 2 aromatic rings. The molecule has 6 heteroatoms. The van der Waals surface area contributed by atoms with Gasteiger partial charge in [-0.2, -0.15) is 0 Å². The van der Waals surface area contributed by atoms with Crippen LogP contribution in [0.3, 0.4) is 0 Å². The Morgan fingerprint density at radius 3 is 2.57 bits per heavy atom. The van der Waals surface area contributed by atoms with E-state index in [0.717, 1.165) is 12.1 Å². The van der Waals surface area contributed by atoms with Gasteiger partial charge in [-0.1, -0.05) is 49.1 Å². The fourth-order valence-electron chi connectivity index (χ4n) is 3.46. The van der Waals surface area contributed by atoms with E-state index in [4.69, 9.17) is 21.1 Å². The molecule has 0 unspecified atom stereocenters. The van der Waals surface area contributed by atoms with Gasteiger partial charge in [-0.05, 0) is 43.5 Å². The zero-order valence-electron chi connectivity index (χ0n) is 16.2. The summed E-state index contributed by atoms with van der Waals surface area (Å²) >= 11 is 6.47. The van der Waals surface area contributed by atoms with E-state index in [1.807, 2.05) is 19.1 Å². The molecule has 0 saturated heterocycles. The molecule has 1 N–H and O–H groups in total. The quantitative estimate of drug-likeness (QED) is 0.535. The van der Waals surface area contributed by atoms with Gasteiger partial charge in [0.05, 0.1) is 11.6 Å². The highest BCUT2D eigenvalue weighted by Crippen LogP contribution is 2.37. The molecule has 1 fully saturated rings. The summed E-state index contributed by atoms with van der Waals surface area (Å²) in [5, 5.41) is 4.10. The van der Waals surface area contributed by atoms with Crippen molar-refractivity contribution in [1.29, 1.82) is 0 Å². The lowest BCUT2D eigenvalue weighted by Gasteiger charge is -2.23. The van der Waals surface area contributed by atoms with Gasteiger partial charge in [-0.3, -0.25) is 0 Å². The number of rotatable bonds is 8. The summed E-state index contributed by atoms with van der Waals surface area (Å²) in [6.07, 6.45) is 6.40. The Morgan fingerprint density at radius 2 is 1.86 bits per heavy atom. The minimum Gasteiger partial charge on any atom is -0.490 e. The van der Waals surface area contributed by atoms with E-state index in [9.17, 15) is 4.39 Å². The minimum atomic E-state index is -0.292. The van der Waals surface area contributed by atoms with Crippen molar-refractivity contribution in [2.24, 2.45) is 0 Å². The second-order valence-electron chi connectivity index (χ2n) is 6.93. The zero-order valence-corrected chi connectivity index (χ0v) is 17.8. The van der Waals surface area contributed by atoms with E-state index in [1.54, 1.807) is 18.2 Å². The largest absolute Gasteiger partial charge is 0.490 e. The average molecular weight is 428 g/mol. The summed E-state index contributed by atoms with van der Waals surface area (Å²) in [6.45, 7) is 3.28. The molecule has 0 radical (unpaired) electrons. The Balaban J connectivity index is 0.00000280. The number of nitrogens with one attached hydrogen (secondary N) is 1. The highest BCUT2D eigenvalue weighted by atomic mass is 35.5. The number of ether oxygens (including phenoxy) is 2. The number of hydrogen-bond donors (Lipinski definition) is 1. The van der Waals surface area contributed by atoms with Crippen LogP contribution in [-0.2, 0) is 13.2 Å². The predicted molar refractivity (Wildman–Crippen MR) is 114 cm³/mol. The van der Waals surface area contributed by atoms with Crippen LogP contribution in [0.5, 0.6) is 11.5 Å². The summed E-state index contributed by atoms with van der Waals surface area (Å²) in [5.74, 6) is 0.768. The summed E-state index contributed by atoms with van der Waals surface area (Å²) in [4.78, 5) is 0. The van der Waals surface area contributed by atoms with Crippen LogP contribution in [0, 0.1) is 5.82 Å². The maximum atomic E-state index is 13.8. The standard InChI is InChI=1S/C22H27ClFNO2.ClH/c1-2-26-21-13-16(14-25-18-9-4-3-5-10-18)12-19(23)22(21)27-15-17-8-6-7-11-20(17)24;/h6-8,11-13,18,25H,2-5,9-10,14-15H2,1H3;1H. The first-order chi connectivity index (χ1) is 13.2. The van der Waals surface area contributed by atoms with E-state index in [1.165, 1.54) is 38.2 Å². The smallest absolute Gasteiger partial charge is 0.180 e. The molecule has 28 heavy (non-hydrogen) atoms. The summed E-state index contributed by atoms with van der Waals surface area (Å²) in [5.41, 5.74) is 1.55. The first-order valence-electron chi connectivity index (χ1n) is 9.72. The lowest BCUT2D eigenvalue weighted by Crippen LogP contribution is -2.30. The Kier molecular flexibility index (Phi) is 9.36. The van der Waals surface area contributed by atoms with Crippen LogP contribution in [0.4, 0.5) is 4.39 Å². The van der Waals surface area contributed by atoms with E-state index in [2.05, 4.69) is 5.32 Å². The molecular formula is C22H28Cl2FNO2. The highest BCUT2D eigenvalue weighted by molar-refractivity contribution is 6.32. The van der Waals surface area contributed by atoms with Crippen molar-refractivity contribution in [1.82, 2.24) is 5.32 Å². The molecule has 1 saturated carbocycles. The molecule has 0 aliphatic heterocycles.